The molecule has 8 heteroatoms. The predicted octanol–water partition coefficient (Wildman–Crippen LogP) is 2.85. The first-order valence-electron chi connectivity index (χ1n) is 4.97. The largest absolute Gasteiger partial charge is 0.503 e. The molecule has 2 rings (SSSR count). The number of methoxy groups -OCH3 is 1. The summed E-state index contributed by atoms with van der Waals surface area (Å²) in [6, 6.07) is 1.61. The minimum absolute atomic E-state index is 0.0160. The van der Waals surface area contributed by atoms with E-state index in [4.69, 9.17) is 10.5 Å². The van der Waals surface area contributed by atoms with E-state index in [1.807, 2.05) is 0 Å². The molecule has 100 valence electrons. The van der Waals surface area contributed by atoms with Gasteiger partial charge in [0.25, 0.3) is 5.91 Å². The Morgan fingerprint density at radius 1 is 1.47 bits per heavy atom. The van der Waals surface area contributed by atoms with Crippen LogP contribution in [0.5, 0.6) is 11.5 Å². The second-order valence-corrected chi connectivity index (χ2v) is 6.16. The molecular formula is C11H8Br2N2O3S. The van der Waals surface area contributed by atoms with Gasteiger partial charge in [-0.15, -0.1) is 0 Å². The molecule has 0 saturated heterocycles. The monoisotopic (exact) mass is 406 g/mol. The molecule has 0 aromatic heterocycles. The maximum absolute atomic E-state index is 11.5. The van der Waals surface area contributed by atoms with Gasteiger partial charge in [0.15, 0.2) is 16.7 Å². The van der Waals surface area contributed by atoms with E-state index in [0.29, 0.717) is 25.2 Å². The van der Waals surface area contributed by atoms with Crippen LogP contribution in [0.1, 0.15) is 5.56 Å². The van der Waals surface area contributed by atoms with Crippen LogP contribution in [0.25, 0.3) is 6.08 Å². The fourth-order valence-electron chi connectivity index (χ4n) is 1.44. The van der Waals surface area contributed by atoms with E-state index in [2.05, 4.69) is 36.9 Å². The third-order valence-electron chi connectivity index (χ3n) is 2.32. The number of nitrogens with two attached hydrogens (primary N) is 1. The smallest absolute Gasteiger partial charge is 0.286 e. The topological polar surface area (TPSA) is 84.9 Å². The van der Waals surface area contributed by atoms with Crippen molar-refractivity contribution < 1.29 is 14.6 Å². The lowest BCUT2D eigenvalue weighted by atomic mass is 10.2. The molecule has 0 saturated carbocycles. The van der Waals surface area contributed by atoms with Crippen LogP contribution in [0, 0.1) is 0 Å². The number of halogens is 2. The summed E-state index contributed by atoms with van der Waals surface area (Å²) in [6.45, 7) is 0. The summed E-state index contributed by atoms with van der Waals surface area (Å²) in [5.74, 6) is -0.0958. The molecule has 0 fully saturated rings. The van der Waals surface area contributed by atoms with Gasteiger partial charge in [-0.05, 0) is 61.3 Å². The van der Waals surface area contributed by atoms with Crippen molar-refractivity contribution in [3.05, 3.63) is 25.5 Å². The van der Waals surface area contributed by atoms with Crippen LogP contribution in [0.4, 0.5) is 0 Å². The highest BCUT2D eigenvalue weighted by atomic mass is 79.9. The van der Waals surface area contributed by atoms with Gasteiger partial charge in [0.05, 0.1) is 16.5 Å². The van der Waals surface area contributed by atoms with E-state index in [1.54, 1.807) is 12.1 Å². The maximum atomic E-state index is 11.5. The van der Waals surface area contributed by atoms with Gasteiger partial charge in [-0.25, -0.2) is 0 Å². The fourth-order valence-corrected chi connectivity index (χ4v) is 2.95. The maximum Gasteiger partial charge on any atom is 0.286 e. The minimum Gasteiger partial charge on any atom is -0.503 e. The van der Waals surface area contributed by atoms with Crippen LogP contribution in [0.2, 0.25) is 0 Å². The standard InChI is InChI=1S/C11H8Br2N2O3S/c1-18-5-2-4(7(12)8(13)9(5)16)3-6-10(17)15-11(14)19-6/h2-3,16H,1H3,(H2,14,15,17)/b6-3-. The molecule has 1 aromatic carbocycles. The molecule has 0 aliphatic carbocycles. The minimum atomic E-state index is -0.377. The number of amidine groups is 1. The molecule has 0 radical (unpaired) electrons. The van der Waals surface area contributed by atoms with Gasteiger partial charge < -0.3 is 15.6 Å². The van der Waals surface area contributed by atoms with Crippen molar-refractivity contribution in [1.29, 1.82) is 0 Å². The van der Waals surface area contributed by atoms with Gasteiger partial charge in [-0.2, -0.15) is 4.99 Å². The van der Waals surface area contributed by atoms with Crippen LogP contribution in [-0.4, -0.2) is 23.3 Å². The number of thioether (sulfide) groups is 1. The van der Waals surface area contributed by atoms with Crippen molar-refractivity contribution in [2.45, 2.75) is 0 Å². The van der Waals surface area contributed by atoms with Crippen LogP contribution >= 0.6 is 43.6 Å². The first kappa shape index (κ1) is 14.4. The van der Waals surface area contributed by atoms with E-state index >= 15 is 0 Å². The first-order chi connectivity index (χ1) is 8.93. The van der Waals surface area contributed by atoms with Crippen molar-refractivity contribution in [3.63, 3.8) is 0 Å². The number of nitrogens with zero attached hydrogens (tertiary/aromatic N) is 1. The number of aromatic hydroxyl groups is 1. The third kappa shape index (κ3) is 2.80. The van der Waals surface area contributed by atoms with Gasteiger partial charge in [0.1, 0.15) is 0 Å². The highest BCUT2D eigenvalue weighted by Crippen LogP contribution is 2.43. The van der Waals surface area contributed by atoms with Gasteiger partial charge in [0.2, 0.25) is 0 Å². The number of aliphatic imine (C=N–C) groups is 1. The normalized spacial score (nSPS) is 16.9. The summed E-state index contributed by atoms with van der Waals surface area (Å²) in [4.78, 5) is 15.6. The van der Waals surface area contributed by atoms with Crippen molar-refractivity contribution in [2.75, 3.05) is 7.11 Å². The molecule has 0 bridgehead atoms. The zero-order valence-corrected chi connectivity index (χ0v) is 13.6. The second-order valence-electron chi connectivity index (χ2n) is 3.51. The fraction of sp³-hybridized carbons (Fsp3) is 0.0909. The molecule has 1 amide bonds. The van der Waals surface area contributed by atoms with Crippen molar-refractivity contribution >= 4 is 60.8 Å². The number of phenolic OH excluding ortho intramolecular Hbond substituents is 1. The Hall–Kier alpha value is -0.990. The lowest BCUT2D eigenvalue weighted by Gasteiger charge is -2.10. The summed E-state index contributed by atoms with van der Waals surface area (Å²) in [5.41, 5.74) is 6.15. The van der Waals surface area contributed by atoms with Crippen molar-refractivity contribution in [3.8, 4) is 11.5 Å². The zero-order valence-electron chi connectivity index (χ0n) is 9.61. The van der Waals surface area contributed by atoms with Crippen molar-refractivity contribution in [2.24, 2.45) is 10.7 Å². The molecule has 3 N–H and O–H groups in total. The lowest BCUT2D eigenvalue weighted by molar-refractivity contribution is -0.113. The van der Waals surface area contributed by atoms with E-state index in [9.17, 15) is 9.90 Å². The molecule has 0 unspecified atom stereocenters. The molecule has 19 heavy (non-hydrogen) atoms. The highest BCUT2D eigenvalue weighted by molar-refractivity contribution is 9.13. The van der Waals surface area contributed by atoms with E-state index in [0.717, 1.165) is 11.8 Å². The Morgan fingerprint density at radius 3 is 2.68 bits per heavy atom. The van der Waals surface area contributed by atoms with Crippen LogP contribution in [-0.2, 0) is 4.79 Å². The van der Waals surface area contributed by atoms with Crippen LogP contribution < -0.4 is 10.5 Å². The molecule has 5 nitrogen and oxygen atoms in total. The Bertz CT molecular complexity index is 629. The van der Waals surface area contributed by atoms with E-state index in [1.165, 1.54) is 7.11 Å². The van der Waals surface area contributed by atoms with Gasteiger partial charge >= 0.3 is 0 Å². The summed E-state index contributed by atoms with van der Waals surface area (Å²) in [7, 11) is 1.45. The molecule has 1 aliphatic rings. The zero-order chi connectivity index (χ0) is 14.2. The van der Waals surface area contributed by atoms with Crippen molar-refractivity contribution in [1.82, 2.24) is 0 Å². The van der Waals surface area contributed by atoms with Gasteiger partial charge in [-0.3, -0.25) is 4.79 Å². The lowest BCUT2D eigenvalue weighted by Crippen LogP contribution is -2.01. The second kappa shape index (κ2) is 5.56. The number of benzene rings is 1. The number of amides is 1. The number of hydrogen-bond acceptors (Lipinski definition) is 5. The number of ether oxygens (including phenoxy) is 1. The first-order valence-corrected chi connectivity index (χ1v) is 7.37. The predicted molar refractivity (Wildman–Crippen MR) is 82.3 cm³/mol. The van der Waals surface area contributed by atoms with Crippen LogP contribution in [0.15, 0.2) is 24.9 Å². The SMILES string of the molecule is COc1cc(/C=C2\SC(N)=NC2=O)c(Br)c(Br)c1O. The van der Waals surface area contributed by atoms with E-state index < -0.39 is 0 Å². The summed E-state index contributed by atoms with van der Waals surface area (Å²) >= 11 is 7.69. The number of carbonyl (C=O) groups excluding carboxylic acids is 1. The molecular weight excluding hydrogens is 400 g/mol. The molecule has 1 heterocycles. The van der Waals surface area contributed by atoms with Gasteiger partial charge in [0, 0.05) is 4.47 Å². The molecule has 1 aliphatic heterocycles. The number of hydrogen-bond donors (Lipinski definition) is 2. The molecule has 0 atom stereocenters. The Balaban J connectivity index is 2.50. The summed E-state index contributed by atoms with van der Waals surface area (Å²) in [5, 5.41) is 10.0. The van der Waals surface area contributed by atoms with E-state index in [-0.39, 0.29) is 16.8 Å². The number of rotatable bonds is 2. The Labute approximate surface area is 130 Å². The quantitative estimate of drug-likeness (QED) is 0.736. The highest BCUT2D eigenvalue weighted by Gasteiger charge is 2.21. The molecule has 0 spiro atoms. The molecule has 1 aromatic rings. The van der Waals surface area contributed by atoms with Gasteiger partial charge in [-0.1, -0.05) is 0 Å². The number of carbonyl (C=O) groups is 1. The Kier molecular flexibility index (Phi) is 4.22. The number of phenols is 1. The summed E-state index contributed by atoms with van der Waals surface area (Å²) < 4.78 is 6.11. The average molecular weight is 408 g/mol. The summed E-state index contributed by atoms with van der Waals surface area (Å²) in [6.07, 6.45) is 1.63. The third-order valence-corrected chi connectivity index (χ3v) is 5.29. The van der Waals surface area contributed by atoms with Crippen LogP contribution in [0.3, 0.4) is 0 Å². The Morgan fingerprint density at radius 2 is 2.16 bits per heavy atom. The average Bonchev–Trinajstić information content (AvgIpc) is 2.68.